The Morgan fingerprint density at radius 3 is 2.44 bits per heavy atom. The molecule has 1 aromatic rings. The Hall–Kier alpha value is -1.02. The van der Waals surface area contributed by atoms with E-state index in [1.807, 2.05) is 19.1 Å². The summed E-state index contributed by atoms with van der Waals surface area (Å²) in [7, 11) is 1.66. The highest BCUT2D eigenvalue weighted by Gasteiger charge is 2.20. The van der Waals surface area contributed by atoms with Crippen LogP contribution in [-0.4, -0.2) is 12.2 Å². The maximum atomic E-state index is 10.2. The second-order valence-corrected chi connectivity index (χ2v) is 4.46. The van der Waals surface area contributed by atoms with Gasteiger partial charge in [0.1, 0.15) is 5.75 Å². The van der Waals surface area contributed by atoms with Gasteiger partial charge in [0.15, 0.2) is 0 Å². The number of hydrogen-bond donors (Lipinski definition) is 1. The molecule has 0 aromatic heterocycles. The second kappa shape index (κ2) is 5.35. The summed E-state index contributed by atoms with van der Waals surface area (Å²) in [5, 5.41) is 10.2. The first-order chi connectivity index (χ1) is 7.52. The summed E-state index contributed by atoms with van der Waals surface area (Å²) in [5.41, 5.74) is 3.21. The molecular formula is C14H22O2. The van der Waals surface area contributed by atoms with Gasteiger partial charge < -0.3 is 9.84 Å². The molecule has 0 aliphatic rings. The van der Waals surface area contributed by atoms with E-state index in [4.69, 9.17) is 4.74 Å². The van der Waals surface area contributed by atoms with Crippen molar-refractivity contribution in [3.05, 3.63) is 28.8 Å². The van der Waals surface area contributed by atoms with E-state index in [0.717, 1.165) is 23.3 Å². The van der Waals surface area contributed by atoms with Crippen LogP contribution in [0.1, 0.15) is 43.1 Å². The number of aryl methyl sites for hydroxylation is 1. The zero-order chi connectivity index (χ0) is 12.3. The van der Waals surface area contributed by atoms with Gasteiger partial charge in [-0.1, -0.05) is 32.4 Å². The molecule has 1 rings (SSSR count). The highest BCUT2D eigenvalue weighted by atomic mass is 16.5. The Bertz CT molecular complexity index is 358. The number of methoxy groups -OCH3 is 1. The molecule has 2 heteroatoms. The normalized spacial score (nSPS) is 14.6. The lowest BCUT2D eigenvalue weighted by molar-refractivity contribution is 0.112. The predicted molar refractivity (Wildman–Crippen MR) is 66.9 cm³/mol. The molecule has 0 radical (unpaired) electrons. The lowest BCUT2D eigenvalue weighted by Gasteiger charge is -2.21. The average Bonchev–Trinajstić information content (AvgIpc) is 2.30. The van der Waals surface area contributed by atoms with Crippen molar-refractivity contribution < 1.29 is 9.84 Å². The molecule has 1 aromatic carbocycles. The summed E-state index contributed by atoms with van der Waals surface area (Å²) in [6.07, 6.45) is 0.510. The number of aliphatic hydroxyl groups is 1. The van der Waals surface area contributed by atoms with Crippen LogP contribution in [0.3, 0.4) is 0 Å². The molecule has 0 aliphatic heterocycles. The summed E-state index contributed by atoms with van der Waals surface area (Å²) in [5.74, 6) is 1.07. The molecular weight excluding hydrogens is 200 g/mol. The number of rotatable bonds is 4. The first kappa shape index (κ1) is 13.0. The van der Waals surface area contributed by atoms with Crippen molar-refractivity contribution >= 4 is 0 Å². The molecule has 0 bridgehead atoms. The minimum absolute atomic E-state index is 0.246. The van der Waals surface area contributed by atoms with Crippen molar-refractivity contribution in [3.8, 4) is 5.75 Å². The third kappa shape index (κ3) is 2.38. The largest absolute Gasteiger partial charge is 0.496 e. The number of benzene rings is 1. The first-order valence-corrected chi connectivity index (χ1v) is 5.85. The minimum Gasteiger partial charge on any atom is -0.496 e. The van der Waals surface area contributed by atoms with E-state index in [1.165, 1.54) is 5.56 Å². The molecule has 0 saturated carbocycles. The molecule has 2 unspecified atom stereocenters. The van der Waals surface area contributed by atoms with Crippen LogP contribution < -0.4 is 4.74 Å². The molecule has 0 amide bonds. The molecule has 0 fully saturated rings. The predicted octanol–water partition coefficient (Wildman–Crippen LogP) is 3.39. The Balaban J connectivity index is 3.18. The van der Waals surface area contributed by atoms with Crippen LogP contribution in [0.25, 0.3) is 0 Å². The number of hydrogen-bond acceptors (Lipinski definition) is 2. The van der Waals surface area contributed by atoms with Crippen molar-refractivity contribution in [1.82, 2.24) is 0 Å². The Morgan fingerprint density at radius 2 is 1.94 bits per heavy atom. The number of ether oxygens (including phenoxy) is 1. The van der Waals surface area contributed by atoms with Crippen LogP contribution >= 0.6 is 0 Å². The van der Waals surface area contributed by atoms with Gasteiger partial charge in [0, 0.05) is 5.56 Å². The summed E-state index contributed by atoms with van der Waals surface area (Å²) in [6, 6.07) is 4.01. The quantitative estimate of drug-likeness (QED) is 0.846. The molecule has 0 aliphatic carbocycles. The lowest BCUT2D eigenvalue weighted by Crippen LogP contribution is -2.10. The Labute approximate surface area is 98.3 Å². The van der Waals surface area contributed by atoms with Gasteiger partial charge in [-0.3, -0.25) is 0 Å². The smallest absolute Gasteiger partial charge is 0.127 e. The van der Waals surface area contributed by atoms with Gasteiger partial charge in [0.2, 0.25) is 0 Å². The fourth-order valence-electron chi connectivity index (χ4n) is 1.84. The van der Waals surface area contributed by atoms with Gasteiger partial charge in [0.05, 0.1) is 13.2 Å². The highest BCUT2D eigenvalue weighted by molar-refractivity contribution is 5.46. The molecule has 90 valence electrons. The van der Waals surface area contributed by atoms with Crippen LogP contribution in [-0.2, 0) is 0 Å². The van der Waals surface area contributed by atoms with Crippen molar-refractivity contribution in [2.45, 2.75) is 40.2 Å². The molecule has 0 saturated heterocycles. The topological polar surface area (TPSA) is 29.5 Å². The number of aliphatic hydroxyl groups excluding tert-OH is 1. The summed E-state index contributed by atoms with van der Waals surface area (Å²) in [4.78, 5) is 0. The summed E-state index contributed by atoms with van der Waals surface area (Å²) in [6.45, 7) is 8.22. The fraction of sp³-hybridized carbons (Fsp3) is 0.571. The van der Waals surface area contributed by atoms with E-state index in [1.54, 1.807) is 7.11 Å². The van der Waals surface area contributed by atoms with E-state index in [-0.39, 0.29) is 5.92 Å². The Kier molecular flexibility index (Phi) is 4.36. The van der Waals surface area contributed by atoms with E-state index in [0.29, 0.717) is 0 Å². The van der Waals surface area contributed by atoms with Crippen LogP contribution in [0.4, 0.5) is 0 Å². The Morgan fingerprint density at radius 1 is 1.31 bits per heavy atom. The zero-order valence-corrected chi connectivity index (χ0v) is 10.9. The highest BCUT2D eigenvalue weighted by Crippen LogP contribution is 2.34. The van der Waals surface area contributed by atoms with Gasteiger partial charge in [-0.25, -0.2) is 0 Å². The van der Waals surface area contributed by atoms with Crippen molar-refractivity contribution in [2.75, 3.05) is 7.11 Å². The van der Waals surface area contributed by atoms with Gasteiger partial charge in [-0.15, -0.1) is 0 Å². The van der Waals surface area contributed by atoms with Gasteiger partial charge in [-0.05, 0) is 30.9 Å². The molecule has 2 nitrogen and oxygen atoms in total. The van der Waals surface area contributed by atoms with Crippen molar-refractivity contribution in [3.63, 3.8) is 0 Å². The van der Waals surface area contributed by atoms with E-state index in [2.05, 4.69) is 20.8 Å². The minimum atomic E-state index is -0.445. The van der Waals surface area contributed by atoms with Gasteiger partial charge in [-0.2, -0.15) is 0 Å². The van der Waals surface area contributed by atoms with Crippen molar-refractivity contribution in [2.24, 2.45) is 5.92 Å². The lowest BCUT2D eigenvalue weighted by atomic mass is 9.92. The van der Waals surface area contributed by atoms with Crippen LogP contribution in [0.5, 0.6) is 5.75 Å². The standard InChI is InChI=1S/C14H22O2/c1-6-9(2)13(15)12-8-7-10(3)11(4)14(12)16-5/h7-9,13,15H,6H2,1-5H3. The zero-order valence-electron chi connectivity index (χ0n) is 10.9. The van der Waals surface area contributed by atoms with Crippen LogP contribution in [0.2, 0.25) is 0 Å². The molecule has 0 heterocycles. The van der Waals surface area contributed by atoms with E-state index < -0.39 is 6.10 Å². The van der Waals surface area contributed by atoms with Gasteiger partial charge >= 0.3 is 0 Å². The summed E-state index contributed by atoms with van der Waals surface area (Å²) < 4.78 is 5.41. The van der Waals surface area contributed by atoms with Crippen molar-refractivity contribution in [1.29, 1.82) is 0 Å². The molecule has 0 spiro atoms. The SMILES string of the molecule is CCC(C)C(O)c1ccc(C)c(C)c1OC. The van der Waals surface area contributed by atoms with Crippen LogP contribution in [0, 0.1) is 19.8 Å². The average molecular weight is 222 g/mol. The summed E-state index contributed by atoms with van der Waals surface area (Å²) >= 11 is 0. The molecule has 2 atom stereocenters. The fourth-order valence-corrected chi connectivity index (χ4v) is 1.84. The third-order valence-corrected chi connectivity index (χ3v) is 3.41. The molecule has 16 heavy (non-hydrogen) atoms. The van der Waals surface area contributed by atoms with Crippen LogP contribution in [0.15, 0.2) is 12.1 Å². The second-order valence-electron chi connectivity index (χ2n) is 4.46. The van der Waals surface area contributed by atoms with E-state index in [9.17, 15) is 5.11 Å². The first-order valence-electron chi connectivity index (χ1n) is 5.85. The maximum absolute atomic E-state index is 10.2. The monoisotopic (exact) mass is 222 g/mol. The van der Waals surface area contributed by atoms with E-state index >= 15 is 0 Å². The molecule has 1 N–H and O–H groups in total. The maximum Gasteiger partial charge on any atom is 0.127 e. The third-order valence-electron chi connectivity index (χ3n) is 3.41. The van der Waals surface area contributed by atoms with Gasteiger partial charge in [0.25, 0.3) is 0 Å².